The van der Waals surface area contributed by atoms with E-state index in [4.69, 9.17) is 11.6 Å². The highest BCUT2D eigenvalue weighted by atomic mass is 35.5. The monoisotopic (exact) mass is 289 g/mol. The number of nitrogens with zero attached hydrogens (tertiary/aromatic N) is 4. The topological polar surface area (TPSA) is 72.7 Å². The van der Waals surface area contributed by atoms with Crippen LogP contribution in [-0.2, 0) is 11.3 Å². The number of nitrogens with one attached hydrogen (secondary N) is 1. The summed E-state index contributed by atoms with van der Waals surface area (Å²) in [4.78, 5) is 13.0. The summed E-state index contributed by atoms with van der Waals surface area (Å²) in [6, 6.07) is 7.12. The van der Waals surface area contributed by atoms with E-state index in [1.165, 1.54) is 10.9 Å². The summed E-state index contributed by atoms with van der Waals surface area (Å²) in [5.41, 5.74) is 0.868. The first-order valence-electron chi connectivity index (χ1n) is 5.81. The van der Waals surface area contributed by atoms with Crippen LogP contribution in [0.2, 0.25) is 5.02 Å². The third kappa shape index (κ3) is 4.03. The molecule has 0 aliphatic heterocycles. The van der Waals surface area contributed by atoms with Crippen LogP contribution >= 0.6 is 11.6 Å². The third-order valence-corrected chi connectivity index (χ3v) is 2.53. The van der Waals surface area contributed by atoms with E-state index in [9.17, 15) is 4.79 Å². The highest BCUT2D eigenvalue weighted by Crippen LogP contribution is 2.10. The molecule has 0 saturated carbocycles. The zero-order valence-electron chi connectivity index (χ0n) is 10.5. The fourth-order valence-electron chi connectivity index (χ4n) is 1.38. The Morgan fingerprint density at radius 2 is 2.15 bits per heavy atom. The molecule has 20 heavy (non-hydrogen) atoms. The van der Waals surface area contributed by atoms with Crippen molar-refractivity contribution in [3.8, 4) is 0 Å². The van der Waals surface area contributed by atoms with E-state index in [1.54, 1.807) is 24.3 Å². The minimum absolute atomic E-state index is 0.151. The molecule has 0 bridgehead atoms. The molecule has 0 spiro atoms. The number of benzene rings is 1. The number of rotatable bonds is 5. The number of carbonyl (C=O) groups excluding carboxylic acids is 1. The second-order valence-corrected chi connectivity index (χ2v) is 4.27. The summed E-state index contributed by atoms with van der Waals surface area (Å²) in [7, 11) is 0. The lowest BCUT2D eigenvalue weighted by atomic mass is 10.2. The van der Waals surface area contributed by atoms with Crippen molar-refractivity contribution in [3.63, 3.8) is 0 Å². The van der Waals surface area contributed by atoms with Gasteiger partial charge in [0.25, 0.3) is 11.9 Å². The van der Waals surface area contributed by atoms with Crippen molar-refractivity contribution >= 4 is 29.5 Å². The average molecular weight is 290 g/mol. The molecular weight excluding hydrogens is 278 g/mol. The van der Waals surface area contributed by atoms with Crippen molar-refractivity contribution in [1.82, 2.24) is 20.2 Å². The normalized spacial score (nSPS) is 10.7. The molecule has 7 heteroatoms. The number of carbonyl (C=O) groups is 1. The van der Waals surface area contributed by atoms with E-state index in [1.807, 2.05) is 12.1 Å². The molecule has 0 saturated heterocycles. The maximum Gasteiger partial charge on any atom is 0.270 e. The minimum atomic E-state index is -0.335. The standard InChI is InChI=1S/C13H12ClN5O/c1-2-9-19-17-13(16-18-19)15-12(20)8-5-10-3-6-11(14)7-4-10/h2-8H,1,9H2,(H,15,17,20)/b8-5+. The summed E-state index contributed by atoms with van der Waals surface area (Å²) in [6.07, 6.45) is 4.69. The number of hydrogen-bond donors (Lipinski definition) is 1. The van der Waals surface area contributed by atoms with Crippen LogP contribution in [0.1, 0.15) is 5.56 Å². The first kappa shape index (κ1) is 14.0. The SMILES string of the molecule is C=CCn1nnc(NC(=O)/C=C/c2ccc(Cl)cc2)n1. The molecule has 0 unspecified atom stereocenters. The van der Waals surface area contributed by atoms with Gasteiger partial charge in [-0.1, -0.05) is 34.9 Å². The minimum Gasteiger partial charge on any atom is -0.288 e. The summed E-state index contributed by atoms with van der Waals surface area (Å²) < 4.78 is 0. The van der Waals surface area contributed by atoms with Gasteiger partial charge in [-0.2, -0.15) is 4.80 Å². The zero-order chi connectivity index (χ0) is 14.4. The van der Waals surface area contributed by atoms with Gasteiger partial charge in [0.2, 0.25) is 0 Å². The van der Waals surface area contributed by atoms with Crippen LogP contribution in [0.3, 0.4) is 0 Å². The van der Waals surface area contributed by atoms with Gasteiger partial charge in [0.05, 0.1) is 6.54 Å². The van der Waals surface area contributed by atoms with E-state index in [0.717, 1.165) is 5.56 Å². The van der Waals surface area contributed by atoms with Gasteiger partial charge < -0.3 is 0 Å². The van der Waals surface area contributed by atoms with E-state index in [-0.39, 0.29) is 11.9 Å². The van der Waals surface area contributed by atoms with Crippen LogP contribution in [0, 0.1) is 0 Å². The highest BCUT2D eigenvalue weighted by Gasteiger charge is 2.04. The number of hydrogen-bond acceptors (Lipinski definition) is 4. The van der Waals surface area contributed by atoms with Crippen LogP contribution in [0.4, 0.5) is 5.95 Å². The smallest absolute Gasteiger partial charge is 0.270 e. The molecule has 1 aromatic carbocycles. The quantitative estimate of drug-likeness (QED) is 0.676. The van der Waals surface area contributed by atoms with E-state index < -0.39 is 0 Å². The molecule has 102 valence electrons. The van der Waals surface area contributed by atoms with Crippen molar-refractivity contribution in [2.45, 2.75) is 6.54 Å². The number of halogens is 1. The first-order chi connectivity index (χ1) is 9.67. The maximum absolute atomic E-state index is 11.7. The molecule has 6 nitrogen and oxygen atoms in total. The predicted octanol–water partition coefficient (Wildman–Crippen LogP) is 2.16. The predicted molar refractivity (Wildman–Crippen MR) is 77.1 cm³/mol. The molecule has 0 radical (unpaired) electrons. The Morgan fingerprint density at radius 1 is 1.40 bits per heavy atom. The first-order valence-corrected chi connectivity index (χ1v) is 6.18. The molecule has 1 amide bonds. The number of allylic oxidation sites excluding steroid dienone is 1. The number of anilines is 1. The number of aromatic nitrogens is 4. The fraction of sp³-hybridized carbons (Fsp3) is 0.0769. The average Bonchev–Trinajstić information content (AvgIpc) is 2.86. The molecule has 0 fully saturated rings. The summed E-state index contributed by atoms with van der Waals surface area (Å²) in [5.74, 6) is -0.185. The Labute approximate surface area is 120 Å². The van der Waals surface area contributed by atoms with E-state index >= 15 is 0 Å². The van der Waals surface area contributed by atoms with Gasteiger partial charge in [0.15, 0.2) is 0 Å². The molecular formula is C13H12ClN5O. The molecule has 1 heterocycles. The Hall–Kier alpha value is -2.47. The zero-order valence-corrected chi connectivity index (χ0v) is 11.3. The lowest BCUT2D eigenvalue weighted by Gasteiger charge is -1.95. The van der Waals surface area contributed by atoms with Crippen molar-refractivity contribution in [3.05, 3.63) is 53.6 Å². The van der Waals surface area contributed by atoms with Crippen LogP contribution in [0.15, 0.2) is 43.0 Å². The summed E-state index contributed by atoms with van der Waals surface area (Å²) in [5, 5.41) is 14.5. The molecule has 1 aromatic heterocycles. The van der Waals surface area contributed by atoms with Gasteiger partial charge in [0, 0.05) is 11.1 Å². The second kappa shape index (κ2) is 6.63. The van der Waals surface area contributed by atoms with Gasteiger partial charge in [-0.15, -0.1) is 11.7 Å². The molecule has 0 aliphatic carbocycles. The number of tetrazole rings is 1. The largest absolute Gasteiger partial charge is 0.288 e. The van der Waals surface area contributed by atoms with Crippen molar-refractivity contribution in [2.75, 3.05) is 5.32 Å². The molecule has 0 aliphatic rings. The van der Waals surface area contributed by atoms with Gasteiger partial charge in [-0.25, -0.2) is 0 Å². The van der Waals surface area contributed by atoms with Crippen molar-refractivity contribution in [2.24, 2.45) is 0 Å². The van der Waals surface area contributed by atoms with Gasteiger partial charge in [0.1, 0.15) is 0 Å². The Morgan fingerprint density at radius 3 is 2.85 bits per heavy atom. The van der Waals surface area contributed by atoms with E-state index in [2.05, 4.69) is 27.3 Å². The third-order valence-electron chi connectivity index (χ3n) is 2.28. The Balaban J connectivity index is 1.94. The van der Waals surface area contributed by atoms with Crippen LogP contribution in [0.25, 0.3) is 6.08 Å². The van der Waals surface area contributed by atoms with Crippen LogP contribution < -0.4 is 5.32 Å². The second-order valence-electron chi connectivity index (χ2n) is 3.83. The van der Waals surface area contributed by atoms with Crippen molar-refractivity contribution < 1.29 is 4.79 Å². The summed E-state index contributed by atoms with van der Waals surface area (Å²) >= 11 is 5.77. The van der Waals surface area contributed by atoms with Crippen molar-refractivity contribution in [1.29, 1.82) is 0 Å². The number of amides is 1. The fourth-order valence-corrected chi connectivity index (χ4v) is 1.51. The van der Waals surface area contributed by atoms with Gasteiger partial charge in [-0.05, 0) is 29.0 Å². The molecule has 1 N–H and O–H groups in total. The lowest BCUT2D eigenvalue weighted by molar-refractivity contribution is -0.111. The highest BCUT2D eigenvalue weighted by molar-refractivity contribution is 6.30. The van der Waals surface area contributed by atoms with E-state index in [0.29, 0.717) is 11.6 Å². The molecule has 2 aromatic rings. The molecule has 2 rings (SSSR count). The van der Waals surface area contributed by atoms with Crippen LogP contribution in [-0.4, -0.2) is 26.1 Å². The maximum atomic E-state index is 11.7. The summed E-state index contributed by atoms with van der Waals surface area (Å²) in [6.45, 7) is 3.99. The lowest BCUT2D eigenvalue weighted by Crippen LogP contribution is -2.09. The molecule has 0 atom stereocenters. The Bertz CT molecular complexity index is 632. The van der Waals surface area contributed by atoms with Crippen LogP contribution in [0.5, 0.6) is 0 Å². The Kier molecular flexibility index (Phi) is 4.62. The van der Waals surface area contributed by atoms with Gasteiger partial charge in [-0.3, -0.25) is 10.1 Å². The van der Waals surface area contributed by atoms with Gasteiger partial charge >= 0.3 is 0 Å².